The van der Waals surface area contributed by atoms with E-state index in [9.17, 15) is 5.11 Å². The molecule has 1 rings (SSSR count). The summed E-state index contributed by atoms with van der Waals surface area (Å²) in [6.07, 6.45) is 6.61. The molecule has 1 heterocycles. The predicted octanol–water partition coefficient (Wildman–Crippen LogP) is 2.66. The lowest BCUT2D eigenvalue weighted by Crippen LogP contribution is -2.41. The minimum absolute atomic E-state index is 0.0270. The Labute approximate surface area is 94.7 Å². The third-order valence-corrected chi connectivity index (χ3v) is 3.71. The number of nitrogens with zero attached hydrogens (tertiary/aromatic N) is 1. The zero-order valence-corrected chi connectivity index (χ0v) is 10.6. The molecule has 0 bridgehead atoms. The Morgan fingerprint density at radius 2 is 1.53 bits per heavy atom. The zero-order chi connectivity index (χ0) is 11.3. The Kier molecular flexibility index (Phi) is 5.07. The Hall–Kier alpha value is -0.0800. The highest BCUT2D eigenvalue weighted by Crippen LogP contribution is 2.23. The van der Waals surface area contributed by atoms with Crippen LogP contribution >= 0.6 is 0 Å². The van der Waals surface area contributed by atoms with Gasteiger partial charge in [-0.2, -0.15) is 0 Å². The number of likely N-dealkylation sites (tertiary alicyclic amines) is 1. The van der Waals surface area contributed by atoms with Gasteiger partial charge in [0.1, 0.15) is 0 Å². The van der Waals surface area contributed by atoms with Crippen molar-refractivity contribution in [2.75, 3.05) is 19.6 Å². The smallest absolute Gasteiger partial charge is 0.0575 e. The standard InChI is InChI=1S/C13H27NO/c1-12(15)13(2,3)11-14-9-7-5-4-6-8-10-14/h12,15H,4-11H2,1-3H3. The molecule has 1 N–H and O–H groups in total. The monoisotopic (exact) mass is 213 g/mol. The number of aliphatic hydroxyl groups is 1. The Balaban J connectivity index is 2.40. The third kappa shape index (κ3) is 4.52. The molecule has 2 nitrogen and oxygen atoms in total. The molecule has 1 unspecified atom stereocenters. The molecule has 2 heteroatoms. The molecule has 0 aromatic rings. The maximum Gasteiger partial charge on any atom is 0.0575 e. The minimum Gasteiger partial charge on any atom is -0.393 e. The molecule has 15 heavy (non-hydrogen) atoms. The Morgan fingerprint density at radius 1 is 1.07 bits per heavy atom. The van der Waals surface area contributed by atoms with E-state index < -0.39 is 0 Å². The lowest BCUT2D eigenvalue weighted by Gasteiger charge is -2.35. The summed E-state index contributed by atoms with van der Waals surface area (Å²) in [5.74, 6) is 0. The molecule has 0 radical (unpaired) electrons. The van der Waals surface area contributed by atoms with Gasteiger partial charge in [-0.3, -0.25) is 0 Å². The van der Waals surface area contributed by atoms with Crippen molar-refractivity contribution in [2.24, 2.45) is 5.41 Å². The molecule has 0 aromatic carbocycles. The zero-order valence-electron chi connectivity index (χ0n) is 10.6. The molecular formula is C13H27NO. The summed E-state index contributed by atoms with van der Waals surface area (Å²) in [6.45, 7) is 9.70. The highest BCUT2D eigenvalue weighted by Gasteiger charge is 2.26. The first kappa shape index (κ1) is 13.0. The van der Waals surface area contributed by atoms with Gasteiger partial charge in [0.2, 0.25) is 0 Å². The van der Waals surface area contributed by atoms with Crippen LogP contribution in [0.25, 0.3) is 0 Å². The lowest BCUT2D eigenvalue weighted by molar-refractivity contribution is 0.0324. The van der Waals surface area contributed by atoms with E-state index in [0.717, 1.165) is 6.54 Å². The fraction of sp³-hybridized carbons (Fsp3) is 1.00. The maximum atomic E-state index is 9.71. The maximum absolute atomic E-state index is 9.71. The number of hydrogen-bond acceptors (Lipinski definition) is 2. The van der Waals surface area contributed by atoms with E-state index in [-0.39, 0.29) is 11.5 Å². The molecule has 0 spiro atoms. The van der Waals surface area contributed by atoms with Crippen LogP contribution in [0.15, 0.2) is 0 Å². The van der Waals surface area contributed by atoms with Crippen molar-refractivity contribution in [2.45, 2.75) is 59.0 Å². The Morgan fingerprint density at radius 3 is 2.00 bits per heavy atom. The Bertz CT molecular complexity index is 169. The molecule has 1 aliphatic heterocycles. The quantitative estimate of drug-likeness (QED) is 0.779. The van der Waals surface area contributed by atoms with E-state index in [1.165, 1.54) is 45.2 Å². The fourth-order valence-corrected chi connectivity index (χ4v) is 2.18. The summed E-state index contributed by atoms with van der Waals surface area (Å²) >= 11 is 0. The molecule has 1 aliphatic rings. The van der Waals surface area contributed by atoms with E-state index >= 15 is 0 Å². The van der Waals surface area contributed by atoms with Crippen molar-refractivity contribution in [1.82, 2.24) is 4.90 Å². The van der Waals surface area contributed by atoms with Crippen molar-refractivity contribution in [3.05, 3.63) is 0 Å². The summed E-state index contributed by atoms with van der Waals surface area (Å²) in [5, 5.41) is 9.71. The predicted molar refractivity (Wildman–Crippen MR) is 65.0 cm³/mol. The second-order valence-electron chi connectivity index (χ2n) is 5.71. The largest absolute Gasteiger partial charge is 0.393 e. The summed E-state index contributed by atoms with van der Waals surface area (Å²) in [4.78, 5) is 2.53. The van der Waals surface area contributed by atoms with Gasteiger partial charge in [0, 0.05) is 12.0 Å². The fourth-order valence-electron chi connectivity index (χ4n) is 2.18. The van der Waals surface area contributed by atoms with Gasteiger partial charge in [-0.25, -0.2) is 0 Å². The van der Waals surface area contributed by atoms with Gasteiger partial charge in [-0.1, -0.05) is 33.1 Å². The van der Waals surface area contributed by atoms with Crippen molar-refractivity contribution < 1.29 is 5.11 Å². The minimum atomic E-state index is -0.219. The van der Waals surface area contributed by atoms with Crippen LogP contribution in [-0.2, 0) is 0 Å². The summed E-state index contributed by atoms with van der Waals surface area (Å²) < 4.78 is 0. The van der Waals surface area contributed by atoms with Gasteiger partial charge in [0.15, 0.2) is 0 Å². The average Bonchev–Trinajstić information content (AvgIpc) is 2.09. The number of rotatable bonds is 3. The van der Waals surface area contributed by atoms with Crippen LogP contribution in [-0.4, -0.2) is 35.7 Å². The van der Waals surface area contributed by atoms with Crippen LogP contribution in [0.4, 0.5) is 0 Å². The summed E-state index contributed by atoms with van der Waals surface area (Å²) in [7, 11) is 0. The topological polar surface area (TPSA) is 23.5 Å². The van der Waals surface area contributed by atoms with Gasteiger partial charge >= 0.3 is 0 Å². The van der Waals surface area contributed by atoms with Crippen molar-refractivity contribution in [3.8, 4) is 0 Å². The van der Waals surface area contributed by atoms with E-state index in [1.54, 1.807) is 0 Å². The van der Waals surface area contributed by atoms with Crippen LogP contribution in [0.5, 0.6) is 0 Å². The van der Waals surface area contributed by atoms with Crippen LogP contribution < -0.4 is 0 Å². The summed E-state index contributed by atoms with van der Waals surface area (Å²) in [6, 6.07) is 0. The van der Waals surface area contributed by atoms with E-state index in [2.05, 4.69) is 18.7 Å². The second-order valence-corrected chi connectivity index (χ2v) is 5.71. The molecule has 1 atom stereocenters. The van der Waals surface area contributed by atoms with Crippen molar-refractivity contribution >= 4 is 0 Å². The SMILES string of the molecule is CC(O)C(C)(C)CN1CCCCCCC1. The molecule has 1 fully saturated rings. The molecule has 1 saturated heterocycles. The van der Waals surface area contributed by atoms with Crippen LogP contribution in [0.2, 0.25) is 0 Å². The second kappa shape index (κ2) is 5.86. The molecule has 0 saturated carbocycles. The molecule has 0 amide bonds. The normalized spacial score (nSPS) is 23.2. The van der Waals surface area contributed by atoms with E-state index in [1.807, 2.05) is 6.92 Å². The molecule has 0 aromatic heterocycles. The molecule has 90 valence electrons. The van der Waals surface area contributed by atoms with Crippen molar-refractivity contribution in [3.63, 3.8) is 0 Å². The first-order valence-electron chi connectivity index (χ1n) is 6.43. The third-order valence-electron chi connectivity index (χ3n) is 3.71. The molecule has 0 aliphatic carbocycles. The first-order chi connectivity index (χ1) is 7.02. The van der Waals surface area contributed by atoms with Gasteiger partial charge in [-0.15, -0.1) is 0 Å². The van der Waals surface area contributed by atoms with Crippen LogP contribution in [0.3, 0.4) is 0 Å². The summed E-state index contributed by atoms with van der Waals surface area (Å²) in [5.41, 5.74) is 0.0270. The molecular weight excluding hydrogens is 186 g/mol. The number of aliphatic hydroxyl groups excluding tert-OH is 1. The van der Waals surface area contributed by atoms with Gasteiger partial charge < -0.3 is 10.0 Å². The highest BCUT2D eigenvalue weighted by atomic mass is 16.3. The van der Waals surface area contributed by atoms with Crippen molar-refractivity contribution in [1.29, 1.82) is 0 Å². The number of hydrogen-bond donors (Lipinski definition) is 1. The van der Waals surface area contributed by atoms with E-state index in [0.29, 0.717) is 0 Å². The van der Waals surface area contributed by atoms with Gasteiger partial charge in [0.05, 0.1) is 6.10 Å². The highest BCUT2D eigenvalue weighted by molar-refractivity contribution is 4.79. The first-order valence-corrected chi connectivity index (χ1v) is 6.43. The van der Waals surface area contributed by atoms with Gasteiger partial charge in [-0.05, 0) is 32.9 Å². The van der Waals surface area contributed by atoms with E-state index in [4.69, 9.17) is 0 Å². The lowest BCUT2D eigenvalue weighted by atomic mass is 9.86. The van der Waals surface area contributed by atoms with Crippen LogP contribution in [0.1, 0.15) is 52.9 Å². The van der Waals surface area contributed by atoms with Gasteiger partial charge in [0.25, 0.3) is 0 Å². The van der Waals surface area contributed by atoms with Crippen LogP contribution in [0, 0.1) is 5.41 Å². The average molecular weight is 213 g/mol.